The molecule has 0 saturated carbocycles. The molecule has 0 aliphatic rings. The second-order valence-electron chi connectivity index (χ2n) is 2.92. The zero-order chi connectivity index (χ0) is 13.1. The van der Waals surface area contributed by atoms with Gasteiger partial charge in [0.1, 0.15) is 6.54 Å². The third-order valence-electron chi connectivity index (χ3n) is 1.44. The average molecular weight is 257 g/mol. The van der Waals surface area contributed by atoms with Crippen molar-refractivity contribution in [3.8, 4) is 0 Å². The Labute approximate surface area is 91.2 Å². The molecule has 0 amide bonds. The summed E-state index contributed by atoms with van der Waals surface area (Å²) in [5.41, 5.74) is -0.0396. The van der Waals surface area contributed by atoms with Gasteiger partial charge in [0.15, 0.2) is 0 Å². The van der Waals surface area contributed by atoms with Gasteiger partial charge in [-0.05, 0) is 0 Å². The molecule has 0 aliphatic heterocycles. The molecule has 0 aromatic carbocycles. The fraction of sp³-hybridized carbons (Fsp3) is 0.375. The molecule has 3 nitrogen and oxygen atoms in total. The summed E-state index contributed by atoms with van der Waals surface area (Å²) in [7, 11) is 0. The molecule has 94 valence electrons. The van der Waals surface area contributed by atoms with Crippen LogP contribution >= 0.6 is 0 Å². The number of hydrogen-bond donors (Lipinski definition) is 0. The van der Waals surface area contributed by atoms with Crippen LogP contribution in [0.15, 0.2) is 17.4 Å². The molecule has 1 heterocycles. The first-order chi connectivity index (χ1) is 7.68. The first kappa shape index (κ1) is 13.4. The van der Waals surface area contributed by atoms with Gasteiger partial charge in [0.25, 0.3) is 0 Å². The number of aliphatic imine (C=N–C) groups is 1. The molecular weight excluding hydrogens is 252 g/mol. The van der Waals surface area contributed by atoms with Crippen LogP contribution < -0.4 is 0 Å². The topological polar surface area (TPSA) is 38.1 Å². The number of halogens is 6. The largest absolute Gasteiger partial charge is 0.451 e. The first-order valence-electron chi connectivity index (χ1n) is 4.14. The Bertz CT molecular complexity index is 391. The number of aromatic nitrogens is 2. The summed E-state index contributed by atoms with van der Waals surface area (Å²) in [5.74, 6) is -1.36. The van der Waals surface area contributed by atoms with E-state index in [1.54, 1.807) is 0 Å². The van der Waals surface area contributed by atoms with Crippen LogP contribution in [-0.2, 0) is 6.18 Å². The van der Waals surface area contributed by atoms with E-state index in [0.717, 1.165) is 18.6 Å². The maximum absolute atomic E-state index is 12.0. The summed E-state index contributed by atoms with van der Waals surface area (Å²) in [4.78, 5) is 8.91. The number of hydrogen-bond acceptors (Lipinski definition) is 3. The predicted octanol–water partition coefficient (Wildman–Crippen LogP) is 2.48. The van der Waals surface area contributed by atoms with Crippen LogP contribution in [0.25, 0.3) is 0 Å². The molecule has 0 fully saturated rings. The van der Waals surface area contributed by atoms with Gasteiger partial charge in [-0.2, -0.15) is 26.3 Å². The average Bonchev–Trinajstić information content (AvgIpc) is 2.15. The van der Waals surface area contributed by atoms with E-state index in [2.05, 4.69) is 15.0 Å². The van der Waals surface area contributed by atoms with Gasteiger partial charge in [-0.1, -0.05) is 0 Å². The molecule has 0 bridgehead atoms. The zero-order valence-electron chi connectivity index (χ0n) is 8.05. The van der Waals surface area contributed by atoms with Gasteiger partial charge in [0, 0.05) is 24.2 Å². The fourth-order valence-corrected chi connectivity index (χ4v) is 0.806. The predicted molar refractivity (Wildman–Crippen MR) is 45.6 cm³/mol. The molecule has 1 aromatic heterocycles. The van der Waals surface area contributed by atoms with Gasteiger partial charge in [-0.15, -0.1) is 0 Å². The smallest absolute Gasteiger partial charge is 0.283 e. The number of nitrogens with zero attached hydrogens (tertiary/aromatic N) is 3. The van der Waals surface area contributed by atoms with Crippen molar-refractivity contribution >= 4 is 6.21 Å². The van der Waals surface area contributed by atoms with Gasteiger partial charge in [-0.25, -0.2) is 9.97 Å². The highest BCUT2D eigenvalue weighted by molar-refractivity contribution is 5.78. The monoisotopic (exact) mass is 257 g/mol. The van der Waals surface area contributed by atoms with Gasteiger partial charge in [0.05, 0.1) is 0 Å². The van der Waals surface area contributed by atoms with E-state index in [4.69, 9.17) is 0 Å². The van der Waals surface area contributed by atoms with Crippen molar-refractivity contribution in [3.05, 3.63) is 23.8 Å². The Hall–Kier alpha value is -1.67. The summed E-state index contributed by atoms with van der Waals surface area (Å²) in [5, 5.41) is 0. The highest BCUT2D eigenvalue weighted by Crippen LogP contribution is 2.25. The molecule has 0 radical (unpaired) electrons. The minimum absolute atomic E-state index is 0.0396. The Kier molecular flexibility index (Phi) is 3.69. The van der Waals surface area contributed by atoms with Crippen molar-refractivity contribution < 1.29 is 26.3 Å². The molecule has 0 aliphatic carbocycles. The van der Waals surface area contributed by atoms with Crippen LogP contribution in [0.3, 0.4) is 0 Å². The first-order valence-corrected chi connectivity index (χ1v) is 4.14. The normalized spacial score (nSPS) is 13.3. The van der Waals surface area contributed by atoms with E-state index in [1.807, 2.05) is 0 Å². The van der Waals surface area contributed by atoms with Gasteiger partial charge < -0.3 is 0 Å². The lowest BCUT2D eigenvalue weighted by atomic mass is 10.3. The molecule has 0 saturated heterocycles. The number of alkyl halides is 6. The summed E-state index contributed by atoms with van der Waals surface area (Å²) in [6, 6.07) is 0. The molecule has 0 spiro atoms. The molecule has 17 heavy (non-hydrogen) atoms. The van der Waals surface area contributed by atoms with E-state index in [1.165, 1.54) is 0 Å². The van der Waals surface area contributed by atoms with Gasteiger partial charge in [0.2, 0.25) is 5.82 Å². The van der Waals surface area contributed by atoms with Crippen LogP contribution in [0.2, 0.25) is 0 Å². The standard InChI is InChI=1S/C8H5F6N3/c9-7(10,11)4-15-1-5-2-16-6(17-3-5)8(12,13)14/h1-3H,4H2/b15-1+. The Morgan fingerprint density at radius 3 is 2.00 bits per heavy atom. The van der Waals surface area contributed by atoms with Crippen LogP contribution in [0, 0.1) is 0 Å². The van der Waals surface area contributed by atoms with E-state index >= 15 is 0 Å². The summed E-state index contributed by atoms with van der Waals surface area (Å²) in [6.45, 7) is -1.41. The van der Waals surface area contributed by atoms with Crippen molar-refractivity contribution in [1.82, 2.24) is 9.97 Å². The number of rotatable bonds is 2. The molecule has 1 rings (SSSR count). The highest BCUT2D eigenvalue weighted by atomic mass is 19.4. The molecule has 0 unspecified atom stereocenters. The molecule has 0 atom stereocenters. The van der Waals surface area contributed by atoms with Crippen LogP contribution in [-0.4, -0.2) is 28.9 Å². The van der Waals surface area contributed by atoms with Crippen molar-refractivity contribution in [2.45, 2.75) is 12.4 Å². The SMILES string of the molecule is FC(F)(F)C/N=C/c1cnc(C(F)(F)F)nc1. The van der Waals surface area contributed by atoms with E-state index in [-0.39, 0.29) is 5.56 Å². The van der Waals surface area contributed by atoms with E-state index < -0.39 is 24.7 Å². The molecular formula is C8H5F6N3. The maximum atomic E-state index is 12.0. The third kappa shape index (κ3) is 4.79. The van der Waals surface area contributed by atoms with E-state index in [9.17, 15) is 26.3 Å². The molecule has 0 N–H and O–H groups in total. The van der Waals surface area contributed by atoms with Crippen molar-refractivity contribution in [2.24, 2.45) is 4.99 Å². The fourth-order valence-electron chi connectivity index (χ4n) is 0.806. The van der Waals surface area contributed by atoms with E-state index in [0.29, 0.717) is 0 Å². The minimum Gasteiger partial charge on any atom is -0.283 e. The lowest BCUT2D eigenvalue weighted by Crippen LogP contribution is -2.12. The highest BCUT2D eigenvalue weighted by Gasteiger charge is 2.34. The summed E-state index contributed by atoms with van der Waals surface area (Å²) < 4.78 is 71.1. The molecule has 9 heteroatoms. The molecule has 1 aromatic rings. The Morgan fingerprint density at radius 1 is 1.06 bits per heavy atom. The third-order valence-corrected chi connectivity index (χ3v) is 1.44. The van der Waals surface area contributed by atoms with Crippen molar-refractivity contribution in [3.63, 3.8) is 0 Å². The van der Waals surface area contributed by atoms with Gasteiger partial charge in [-0.3, -0.25) is 4.99 Å². The van der Waals surface area contributed by atoms with Gasteiger partial charge >= 0.3 is 12.4 Å². The van der Waals surface area contributed by atoms with Crippen LogP contribution in [0.4, 0.5) is 26.3 Å². The second-order valence-corrected chi connectivity index (χ2v) is 2.92. The van der Waals surface area contributed by atoms with Crippen molar-refractivity contribution in [2.75, 3.05) is 6.54 Å². The maximum Gasteiger partial charge on any atom is 0.451 e. The van der Waals surface area contributed by atoms with Crippen LogP contribution in [0.1, 0.15) is 11.4 Å². The lowest BCUT2D eigenvalue weighted by molar-refractivity contribution is -0.145. The summed E-state index contributed by atoms with van der Waals surface area (Å²) >= 11 is 0. The Morgan fingerprint density at radius 2 is 1.59 bits per heavy atom. The lowest BCUT2D eigenvalue weighted by Gasteiger charge is -2.03. The zero-order valence-corrected chi connectivity index (χ0v) is 8.05. The second kappa shape index (κ2) is 4.68. The Balaban J connectivity index is 2.69. The quantitative estimate of drug-likeness (QED) is 0.603. The summed E-state index contributed by atoms with van der Waals surface area (Å²) in [6.07, 6.45) is -6.88. The van der Waals surface area contributed by atoms with Crippen LogP contribution in [0.5, 0.6) is 0 Å². The minimum atomic E-state index is -4.68. The van der Waals surface area contributed by atoms with Crippen molar-refractivity contribution in [1.29, 1.82) is 0 Å².